The van der Waals surface area contributed by atoms with Crippen LogP contribution in [0.4, 0.5) is 5.82 Å². The predicted octanol–water partition coefficient (Wildman–Crippen LogP) is -0.309. The molecule has 1 aliphatic rings. The van der Waals surface area contributed by atoms with E-state index in [1.807, 2.05) is 4.81 Å². The maximum absolute atomic E-state index is 5.68. The highest BCUT2D eigenvalue weighted by Crippen LogP contribution is 2.14. The summed E-state index contributed by atoms with van der Waals surface area (Å²) in [5.41, 5.74) is 0. The number of hydrogen-bond acceptors (Lipinski definition) is 5. The minimum Gasteiger partial charge on any atom is -0.480 e. The molecule has 0 N–H and O–H groups in total. The van der Waals surface area contributed by atoms with Crippen LogP contribution in [0, 0.1) is 0 Å². The van der Waals surface area contributed by atoms with E-state index >= 15 is 0 Å². The number of rotatable bonds is 2. The summed E-state index contributed by atoms with van der Waals surface area (Å²) < 4.78 is 5.03. The molecule has 0 spiro atoms. The van der Waals surface area contributed by atoms with Gasteiger partial charge in [0.05, 0.1) is 19.5 Å². The van der Waals surface area contributed by atoms with Crippen LogP contribution in [-0.2, 0) is 0 Å². The average molecular weight is 204 g/mol. The monoisotopic (exact) mass is 204 g/mol. The number of hydrogen-bond donors (Lipinski definition) is 0. The zero-order chi connectivity index (χ0) is 10.7. The van der Waals surface area contributed by atoms with Crippen molar-refractivity contribution in [2.75, 3.05) is 38.2 Å². The fourth-order valence-corrected chi connectivity index (χ4v) is 1.54. The van der Waals surface area contributed by atoms with Crippen LogP contribution in [0.1, 0.15) is 0 Å². The largest absolute Gasteiger partial charge is 0.480 e. The Labute approximate surface area is 90.5 Å². The standard InChI is InChI=1S/C9H13BN4O/c1-15-9-7-11-6-8(12-9)13-2-4-14(10)5-3-13/h6-7H,2-5H2,1H3. The van der Waals surface area contributed by atoms with Crippen molar-refractivity contribution in [3.05, 3.63) is 12.4 Å². The molecule has 1 aromatic rings. The summed E-state index contributed by atoms with van der Waals surface area (Å²) in [6.45, 7) is 3.44. The van der Waals surface area contributed by atoms with Crippen LogP contribution in [0.2, 0.25) is 0 Å². The fraction of sp³-hybridized carbons (Fsp3) is 0.556. The van der Waals surface area contributed by atoms with Crippen LogP contribution < -0.4 is 9.64 Å². The van der Waals surface area contributed by atoms with Gasteiger partial charge in [0.15, 0.2) is 13.8 Å². The molecule has 0 aliphatic carbocycles. The van der Waals surface area contributed by atoms with Gasteiger partial charge >= 0.3 is 0 Å². The first-order valence-corrected chi connectivity index (χ1v) is 4.90. The van der Waals surface area contributed by atoms with E-state index in [4.69, 9.17) is 12.7 Å². The summed E-state index contributed by atoms with van der Waals surface area (Å²) in [7, 11) is 7.27. The second-order valence-corrected chi connectivity index (χ2v) is 3.44. The normalized spacial score (nSPS) is 17.8. The maximum atomic E-state index is 5.68. The molecule has 0 unspecified atom stereocenters. The van der Waals surface area contributed by atoms with Crippen molar-refractivity contribution >= 4 is 13.8 Å². The van der Waals surface area contributed by atoms with Crippen molar-refractivity contribution in [1.82, 2.24) is 14.8 Å². The lowest BCUT2D eigenvalue weighted by atomic mass is 10.2. The number of methoxy groups -OCH3 is 1. The highest BCUT2D eigenvalue weighted by atomic mass is 16.5. The van der Waals surface area contributed by atoms with E-state index in [-0.39, 0.29) is 0 Å². The summed E-state index contributed by atoms with van der Waals surface area (Å²) in [5.74, 6) is 1.39. The minimum absolute atomic E-state index is 0.544. The summed E-state index contributed by atoms with van der Waals surface area (Å²) >= 11 is 0. The molecule has 78 valence electrons. The van der Waals surface area contributed by atoms with Crippen molar-refractivity contribution in [1.29, 1.82) is 0 Å². The minimum atomic E-state index is 0.544. The third-order valence-corrected chi connectivity index (χ3v) is 2.45. The molecule has 0 bridgehead atoms. The summed E-state index contributed by atoms with van der Waals surface area (Å²) in [6, 6.07) is 0. The Balaban J connectivity index is 2.08. The topological polar surface area (TPSA) is 41.5 Å². The van der Waals surface area contributed by atoms with Gasteiger partial charge in [-0.25, -0.2) is 0 Å². The summed E-state index contributed by atoms with van der Waals surface area (Å²) in [5, 5.41) is 0. The van der Waals surface area contributed by atoms with Gasteiger partial charge in [-0.1, -0.05) is 0 Å². The first-order chi connectivity index (χ1) is 7.29. The van der Waals surface area contributed by atoms with Crippen LogP contribution >= 0.6 is 0 Å². The van der Waals surface area contributed by atoms with Gasteiger partial charge in [0.2, 0.25) is 5.88 Å². The molecule has 0 saturated carbocycles. The molecule has 1 saturated heterocycles. The lowest BCUT2D eigenvalue weighted by Crippen LogP contribution is -2.45. The molecule has 1 fully saturated rings. The summed E-state index contributed by atoms with van der Waals surface area (Å²) in [6.07, 6.45) is 3.34. The van der Waals surface area contributed by atoms with Crippen LogP contribution in [0.5, 0.6) is 5.88 Å². The van der Waals surface area contributed by atoms with Crippen molar-refractivity contribution in [3.8, 4) is 5.88 Å². The Morgan fingerprint density at radius 3 is 2.67 bits per heavy atom. The van der Waals surface area contributed by atoms with Gasteiger partial charge in [-0.2, -0.15) is 4.98 Å². The number of nitrogens with zero attached hydrogens (tertiary/aromatic N) is 4. The molecule has 0 aromatic carbocycles. The van der Waals surface area contributed by atoms with Gasteiger partial charge in [0.25, 0.3) is 0 Å². The third-order valence-electron chi connectivity index (χ3n) is 2.45. The van der Waals surface area contributed by atoms with Gasteiger partial charge in [-0.3, -0.25) is 4.98 Å². The third kappa shape index (κ3) is 2.39. The number of aromatic nitrogens is 2. The van der Waals surface area contributed by atoms with Crippen molar-refractivity contribution < 1.29 is 4.74 Å². The Morgan fingerprint density at radius 1 is 1.27 bits per heavy atom. The van der Waals surface area contributed by atoms with Gasteiger partial charge in [-0.05, 0) is 0 Å². The molecule has 5 nitrogen and oxygen atoms in total. The van der Waals surface area contributed by atoms with Crippen LogP contribution in [0.3, 0.4) is 0 Å². The number of ether oxygens (including phenoxy) is 1. The van der Waals surface area contributed by atoms with E-state index in [2.05, 4.69) is 14.9 Å². The van der Waals surface area contributed by atoms with Gasteiger partial charge in [-0.15, -0.1) is 0 Å². The zero-order valence-corrected chi connectivity index (χ0v) is 8.76. The molecular formula is C9H13BN4O. The molecule has 0 atom stereocenters. The molecule has 2 heterocycles. The molecule has 15 heavy (non-hydrogen) atoms. The van der Waals surface area contributed by atoms with E-state index in [9.17, 15) is 0 Å². The number of anilines is 1. The molecule has 6 heteroatoms. The van der Waals surface area contributed by atoms with Crippen molar-refractivity contribution in [2.24, 2.45) is 0 Å². The first-order valence-electron chi connectivity index (χ1n) is 4.90. The van der Waals surface area contributed by atoms with E-state index in [0.717, 1.165) is 32.0 Å². The second kappa shape index (κ2) is 4.48. The Kier molecular flexibility index (Phi) is 3.06. The molecular weight excluding hydrogens is 191 g/mol. The highest BCUT2D eigenvalue weighted by molar-refractivity contribution is 6.04. The summed E-state index contributed by atoms with van der Waals surface area (Å²) in [4.78, 5) is 12.4. The SMILES string of the molecule is [B]N1CCN(c2cncc(OC)n2)CC1. The van der Waals surface area contributed by atoms with Gasteiger partial charge in [0.1, 0.15) is 0 Å². The Hall–Kier alpha value is -1.30. The molecule has 1 aliphatic heterocycles. The predicted molar refractivity (Wildman–Crippen MR) is 58.1 cm³/mol. The van der Waals surface area contributed by atoms with E-state index in [0.29, 0.717) is 5.88 Å². The highest BCUT2D eigenvalue weighted by Gasteiger charge is 2.15. The van der Waals surface area contributed by atoms with Crippen LogP contribution in [0.25, 0.3) is 0 Å². The van der Waals surface area contributed by atoms with Gasteiger partial charge < -0.3 is 14.4 Å². The first kappa shape index (κ1) is 10.2. The van der Waals surface area contributed by atoms with Crippen molar-refractivity contribution in [2.45, 2.75) is 0 Å². The van der Waals surface area contributed by atoms with E-state index < -0.39 is 0 Å². The van der Waals surface area contributed by atoms with E-state index in [1.54, 1.807) is 19.5 Å². The zero-order valence-electron chi connectivity index (χ0n) is 8.76. The molecule has 1 aromatic heterocycles. The lowest BCUT2D eigenvalue weighted by molar-refractivity contribution is 0.390. The maximum Gasteiger partial charge on any atom is 0.233 e. The van der Waals surface area contributed by atoms with Crippen LogP contribution in [0.15, 0.2) is 12.4 Å². The molecule has 0 amide bonds. The quantitative estimate of drug-likeness (QED) is 0.618. The smallest absolute Gasteiger partial charge is 0.233 e. The molecule has 2 radical (unpaired) electrons. The fourth-order valence-electron chi connectivity index (χ4n) is 1.54. The average Bonchev–Trinajstić information content (AvgIpc) is 2.30. The lowest BCUT2D eigenvalue weighted by Gasteiger charge is -2.33. The van der Waals surface area contributed by atoms with Gasteiger partial charge in [0, 0.05) is 26.2 Å². The molecule has 2 rings (SSSR count). The van der Waals surface area contributed by atoms with E-state index in [1.165, 1.54) is 0 Å². The Bertz CT molecular complexity index is 328. The second-order valence-electron chi connectivity index (χ2n) is 3.44. The number of piperazine rings is 1. The van der Waals surface area contributed by atoms with Crippen LogP contribution in [-0.4, -0.2) is 56.0 Å². The van der Waals surface area contributed by atoms with Crippen molar-refractivity contribution in [3.63, 3.8) is 0 Å². The Morgan fingerprint density at radius 2 is 2.00 bits per heavy atom.